The molecule has 0 bridgehead atoms. The van der Waals surface area contributed by atoms with Crippen LogP contribution in [0, 0.1) is 18.8 Å². The van der Waals surface area contributed by atoms with Gasteiger partial charge in [-0.25, -0.2) is 4.68 Å². The maximum atomic E-state index is 5.97. The molecule has 1 aromatic rings. The van der Waals surface area contributed by atoms with E-state index in [1.54, 1.807) is 0 Å². The van der Waals surface area contributed by atoms with Crippen LogP contribution in [0.4, 0.5) is 5.82 Å². The van der Waals surface area contributed by atoms with E-state index in [0.29, 0.717) is 6.04 Å². The van der Waals surface area contributed by atoms with E-state index >= 15 is 0 Å². The number of nitrogens with zero attached hydrogens (tertiary/aromatic N) is 2. The summed E-state index contributed by atoms with van der Waals surface area (Å²) < 4.78 is 2.89. The number of anilines is 1. The van der Waals surface area contributed by atoms with E-state index in [0.717, 1.165) is 27.8 Å². The SMILES string of the molecule is Cc1nn(C(C)C2CC2C)c(N)c1Br. The fraction of sp³-hybridized carbons (Fsp3) is 0.700. The van der Waals surface area contributed by atoms with Crippen molar-refractivity contribution in [2.24, 2.45) is 11.8 Å². The van der Waals surface area contributed by atoms with Gasteiger partial charge in [0.15, 0.2) is 0 Å². The van der Waals surface area contributed by atoms with Crippen molar-refractivity contribution in [2.75, 3.05) is 5.73 Å². The normalized spacial score (nSPS) is 27.7. The second-order valence-corrected chi connectivity index (χ2v) is 5.14. The Bertz CT molecular complexity index is 358. The predicted molar refractivity (Wildman–Crippen MR) is 61.1 cm³/mol. The van der Waals surface area contributed by atoms with Crippen molar-refractivity contribution in [1.82, 2.24) is 9.78 Å². The summed E-state index contributed by atoms with van der Waals surface area (Å²) in [5.74, 6) is 2.34. The molecular weight excluding hydrogens is 242 g/mol. The number of aryl methyl sites for hydroxylation is 1. The lowest BCUT2D eigenvalue weighted by molar-refractivity contribution is 0.427. The summed E-state index contributed by atoms with van der Waals surface area (Å²) in [6.45, 7) is 6.45. The Morgan fingerprint density at radius 3 is 2.57 bits per heavy atom. The minimum Gasteiger partial charge on any atom is -0.383 e. The van der Waals surface area contributed by atoms with Crippen LogP contribution in [-0.4, -0.2) is 9.78 Å². The third-order valence-corrected chi connectivity index (χ3v) is 4.20. The molecule has 1 aliphatic rings. The number of hydrogen-bond acceptors (Lipinski definition) is 2. The molecule has 1 aliphatic carbocycles. The fourth-order valence-corrected chi connectivity index (χ4v) is 2.32. The Kier molecular flexibility index (Phi) is 2.33. The maximum Gasteiger partial charge on any atom is 0.136 e. The van der Waals surface area contributed by atoms with Gasteiger partial charge in [0.1, 0.15) is 5.82 Å². The van der Waals surface area contributed by atoms with Crippen LogP contribution in [0.2, 0.25) is 0 Å². The summed E-state index contributed by atoms with van der Waals surface area (Å²) in [5, 5.41) is 4.45. The average molecular weight is 258 g/mol. The molecule has 1 aromatic heterocycles. The molecule has 0 saturated heterocycles. The van der Waals surface area contributed by atoms with Crippen molar-refractivity contribution >= 4 is 21.7 Å². The summed E-state index contributed by atoms with van der Waals surface area (Å²) in [6.07, 6.45) is 1.30. The highest BCUT2D eigenvalue weighted by Gasteiger charge is 2.39. The van der Waals surface area contributed by atoms with Crippen molar-refractivity contribution in [3.05, 3.63) is 10.2 Å². The standard InChI is InChI=1S/C10H16BrN3/c1-5-4-8(5)7(3)14-10(12)9(11)6(2)13-14/h5,7-8H,4,12H2,1-3H3. The Balaban J connectivity index is 2.27. The molecule has 1 saturated carbocycles. The van der Waals surface area contributed by atoms with E-state index in [2.05, 4.69) is 34.9 Å². The molecule has 2 rings (SSSR count). The zero-order chi connectivity index (χ0) is 10.5. The third-order valence-electron chi connectivity index (χ3n) is 3.22. The van der Waals surface area contributed by atoms with Crippen molar-refractivity contribution < 1.29 is 0 Å². The molecule has 1 fully saturated rings. The molecule has 0 spiro atoms. The number of hydrogen-bond donors (Lipinski definition) is 1. The average Bonchev–Trinajstić information content (AvgIpc) is 2.82. The van der Waals surface area contributed by atoms with Gasteiger partial charge >= 0.3 is 0 Å². The van der Waals surface area contributed by atoms with Gasteiger partial charge in [0, 0.05) is 0 Å². The molecule has 0 aliphatic heterocycles. The van der Waals surface area contributed by atoms with Gasteiger partial charge in [-0.1, -0.05) is 6.92 Å². The van der Waals surface area contributed by atoms with Crippen LogP contribution in [0.3, 0.4) is 0 Å². The van der Waals surface area contributed by atoms with Crippen LogP contribution in [0.1, 0.15) is 32.0 Å². The molecule has 0 aromatic carbocycles. The molecule has 1 heterocycles. The second kappa shape index (κ2) is 3.26. The summed E-state index contributed by atoms with van der Waals surface area (Å²) in [6, 6.07) is 0.426. The van der Waals surface area contributed by atoms with Gasteiger partial charge in [-0.05, 0) is 48.0 Å². The summed E-state index contributed by atoms with van der Waals surface area (Å²) in [5.41, 5.74) is 6.94. The van der Waals surface area contributed by atoms with Crippen LogP contribution in [0.15, 0.2) is 4.47 Å². The van der Waals surface area contributed by atoms with Crippen LogP contribution >= 0.6 is 15.9 Å². The zero-order valence-corrected chi connectivity index (χ0v) is 10.4. The monoisotopic (exact) mass is 257 g/mol. The lowest BCUT2D eigenvalue weighted by Gasteiger charge is -2.13. The topological polar surface area (TPSA) is 43.8 Å². The molecule has 78 valence electrons. The van der Waals surface area contributed by atoms with Crippen LogP contribution < -0.4 is 5.73 Å². The predicted octanol–water partition coefficient (Wildman–Crippen LogP) is 2.75. The molecule has 0 amide bonds. The Hall–Kier alpha value is -0.510. The summed E-state index contributed by atoms with van der Waals surface area (Å²) in [7, 11) is 0. The molecule has 4 heteroatoms. The highest BCUT2D eigenvalue weighted by Crippen LogP contribution is 2.46. The number of nitrogen functional groups attached to an aromatic ring is 1. The lowest BCUT2D eigenvalue weighted by Crippen LogP contribution is -2.12. The van der Waals surface area contributed by atoms with Crippen LogP contribution in [0.25, 0.3) is 0 Å². The molecule has 14 heavy (non-hydrogen) atoms. The Labute approximate surface area is 92.8 Å². The van der Waals surface area contributed by atoms with Gasteiger partial charge < -0.3 is 5.73 Å². The van der Waals surface area contributed by atoms with Gasteiger partial charge in [-0.3, -0.25) is 0 Å². The number of halogens is 1. The fourth-order valence-electron chi connectivity index (χ4n) is 2.06. The van der Waals surface area contributed by atoms with E-state index in [4.69, 9.17) is 5.73 Å². The molecule has 3 atom stereocenters. The van der Waals surface area contributed by atoms with Crippen molar-refractivity contribution in [2.45, 2.75) is 33.2 Å². The molecule has 3 nitrogen and oxygen atoms in total. The number of aromatic nitrogens is 2. The number of nitrogens with two attached hydrogens (primary N) is 1. The smallest absolute Gasteiger partial charge is 0.136 e. The van der Waals surface area contributed by atoms with Crippen LogP contribution in [0.5, 0.6) is 0 Å². The van der Waals surface area contributed by atoms with E-state index in [1.807, 2.05) is 11.6 Å². The van der Waals surface area contributed by atoms with Gasteiger partial charge in [-0.15, -0.1) is 0 Å². The van der Waals surface area contributed by atoms with Gasteiger partial charge in [0.05, 0.1) is 16.2 Å². The Morgan fingerprint density at radius 1 is 1.64 bits per heavy atom. The highest BCUT2D eigenvalue weighted by molar-refractivity contribution is 9.10. The van der Waals surface area contributed by atoms with Crippen molar-refractivity contribution in [3.63, 3.8) is 0 Å². The molecule has 3 unspecified atom stereocenters. The first kappa shape index (κ1) is 10.0. The van der Waals surface area contributed by atoms with Crippen LogP contribution in [-0.2, 0) is 0 Å². The van der Waals surface area contributed by atoms with E-state index in [9.17, 15) is 0 Å². The largest absolute Gasteiger partial charge is 0.383 e. The highest BCUT2D eigenvalue weighted by atomic mass is 79.9. The van der Waals surface area contributed by atoms with Crippen molar-refractivity contribution in [1.29, 1.82) is 0 Å². The van der Waals surface area contributed by atoms with E-state index in [-0.39, 0.29) is 0 Å². The number of rotatable bonds is 2. The first-order valence-corrected chi connectivity index (χ1v) is 5.81. The van der Waals surface area contributed by atoms with E-state index in [1.165, 1.54) is 6.42 Å². The van der Waals surface area contributed by atoms with Crippen molar-refractivity contribution in [3.8, 4) is 0 Å². The minimum atomic E-state index is 0.426. The zero-order valence-electron chi connectivity index (χ0n) is 8.79. The molecule has 2 N–H and O–H groups in total. The lowest BCUT2D eigenvalue weighted by atomic mass is 10.2. The maximum absolute atomic E-state index is 5.97. The first-order chi connectivity index (χ1) is 6.52. The molecule has 0 radical (unpaired) electrons. The Morgan fingerprint density at radius 2 is 2.21 bits per heavy atom. The quantitative estimate of drug-likeness (QED) is 0.886. The van der Waals surface area contributed by atoms with E-state index < -0.39 is 0 Å². The van der Waals surface area contributed by atoms with Gasteiger partial charge in [0.25, 0.3) is 0 Å². The third kappa shape index (κ3) is 1.45. The second-order valence-electron chi connectivity index (χ2n) is 4.35. The minimum absolute atomic E-state index is 0.426. The van der Waals surface area contributed by atoms with Gasteiger partial charge in [-0.2, -0.15) is 5.10 Å². The summed E-state index contributed by atoms with van der Waals surface area (Å²) >= 11 is 3.44. The first-order valence-electron chi connectivity index (χ1n) is 5.02. The van der Waals surface area contributed by atoms with Gasteiger partial charge in [0.2, 0.25) is 0 Å². The summed E-state index contributed by atoms with van der Waals surface area (Å²) in [4.78, 5) is 0. The molecular formula is C10H16BrN3.